The van der Waals surface area contributed by atoms with Crippen molar-refractivity contribution in [2.45, 2.75) is 46.3 Å². The van der Waals surface area contributed by atoms with Crippen molar-refractivity contribution < 1.29 is 18.6 Å². The topological polar surface area (TPSA) is 52.6 Å². The van der Waals surface area contributed by atoms with E-state index in [1.54, 1.807) is 12.1 Å². The average Bonchev–Trinajstić information content (AvgIpc) is 2.84. The lowest BCUT2D eigenvalue weighted by Gasteiger charge is -2.32. The number of benzene rings is 3. The first kappa shape index (κ1) is 25.0. The molecule has 0 aliphatic rings. The van der Waals surface area contributed by atoms with Crippen molar-refractivity contribution in [3.63, 3.8) is 0 Å². The first-order valence-electron chi connectivity index (χ1n) is 11.5. The fourth-order valence-corrected chi connectivity index (χ4v) is 6.10. The summed E-state index contributed by atoms with van der Waals surface area (Å²) in [5.41, 5.74) is 0.520. The van der Waals surface area contributed by atoms with Crippen LogP contribution in [-0.2, 0) is 13.8 Å². The number of hydrogen-bond acceptors (Lipinski definition) is 4. The molecule has 5 heteroatoms. The van der Waals surface area contributed by atoms with Gasteiger partial charge < -0.3 is 9.26 Å². The summed E-state index contributed by atoms with van der Waals surface area (Å²) in [6.45, 7) is 8.10. The minimum absolute atomic E-state index is 0.166. The van der Waals surface area contributed by atoms with Crippen LogP contribution in [0.3, 0.4) is 0 Å². The van der Waals surface area contributed by atoms with Gasteiger partial charge in [-0.05, 0) is 55.7 Å². The van der Waals surface area contributed by atoms with E-state index < -0.39 is 13.5 Å². The van der Waals surface area contributed by atoms with Gasteiger partial charge in [0.2, 0.25) is 0 Å². The predicted octanol–water partition coefficient (Wildman–Crippen LogP) is 6.23. The highest BCUT2D eigenvalue weighted by atomic mass is 31.2. The molecule has 3 rings (SSSR count). The van der Waals surface area contributed by atoms with Crippen molar-refractivity contribution in [3.8, 4) is 0 Å². The number of ether oxygens (including phenoxy) is 1. The van der Waals surface area contributed by atoms with Crippen molar-refractivity contribution in [2.24, 2.45) is 11.8 Å². The summed E-state index contributed by atoms with van der Waals surface area (Å²) in [4.78, 5) is 12.8. The first-order valence-corrected chi connectivity index (χ1v) is 13.1. The van der Waals surface area contributed by atoms with Gasteiger partial charge in [0.25, 0.3) is 7.37 Å². The van der Waals surface area contributed by atoms with Crippen molar-refractivity contribution in [3.05, 3.63) is 96.6 Å². The summed E-state index contributed by atoms with van der Waals surface area (Å²) in [5, 5.41) is 1.30. The molecular formula is C28H33O4P. The monoisotopic (exact) mass is 464 g/mol. The van der Waals surface area contributed by atoms with E-state index in [1.807, 2.05) is 92.7 Å². The van der Waals surface area contributed by atoms with Crippen LogP contribution in [0.15, 0.2) is 91.0 Å². The molecule has 0 saturated heterocycles. The molecule has 33 heavy (non-hydrogen) atoms. The third kappa shape index (κ3) is 6.43. The third-order valence-electron chi connectivity index (χ3n) is 5.81. The molecule has 0 bridgehead atoms. The Bertz CT molecular complexity index is 1010. The summed E-state index contributed by atoms with van der Waals surface area (Å²) < 4.78 is 26.6. The first-order chi connectivity index (χ1) is 15.8. The lowest BCUT2D eigenvalue weighted by Crippen LogP contribution is -2.35. The quantitative estimate of drug-likeness (QED) is 0.264. The Morgan fingerprint density at radius 3 is 1.67 bits per heavy atom. The highest BCUT2D eigenvalue weighted by Gasteiger charge is 2.35. The maximum absolute atomic E-state index is 14.3. The molecule has 0 aliphatic carbocycles. The Morgan fingerprint density at radius 1 is 0.758 bits per heavy atom. The summed E-state index contributed by atoms with van der Waals surface area (Å²) >= 11 is 0. The fourth-order valence-electron chi connectivity index (χ4n) is 3.77. The molecule has 3 atom stereocenters. The zero-order chi connectivity index (χ0) is 23.8. The Hall–Kier alpha value is -2.68. The maximum Gasteiger partial charge on any atom is 0.338 e. The van der Waals surface area contributed by atoms with Crippen molar-refractivity contribution in [1.82, 2.24) is 0 Å². The largest absolute Gasteiger partial charge is 0.458 e. The molecule has 0 N–H and O–H groups in total. The molecule has 174 valence electrons. The van der Waals surface area contributed by atoms with Crippen LogP contribution in [0.5, 0.6) is 0 Å². The fraction of sp³-hybridized carbons (Fsp3) is 0.321. The minimum atomic E-state index is -3.34. The van der Waals surface area contributed by atoms with Crippen LogP contribution in [0.2, 0.25) is 0 Å². The molecule has 0 spiro atoms. The Balaban J connectivity index is 1.85. The van der Waals surface area contributed by atoms with E-state index in [9.17, 15) is 9.36 Å². The van der Waals surface area contributed by atoms with Gasteiger partial charge >= 0.3 is 5.97 Å². The lowest BCUT2D eigenvalue weighted by molar-refractivity contribution is -0.01000. The molecule has 0 aliphatic heterocycles. The van der Waals surface area contributed by atoms with Crippen LogP contribution >= 0.6 is 7.37 Å². The number of hydrogen-bond donors (Lipinski definition) is 0. The van der Waals surface area contributed by atoms with Crippen LogP contribution in [0, 0.1) is 11.8 Å². The van der Waals surface area contributed by atoms with Gasteiger partial charge in [-0.15, -0.1) is 0 Å². The predicted molar refractivity (Wildman–Crippen MR) is 135 cm³/mol. The second-order valence-corrected chi connectivity index (χ2v) is 11.2. The van der Waals surface area contributed by atoms with Gasteiger partial charge in [-0.2, -0.15) is 0 Å². The van der Waals surface area contributed by atoms with Crippen molar-refractivity contribution in [2.75, 3.05) is 0 Å². The second kappa shape index (κ2) is 11.4. The molecular weight excluding hydrogens is 431 g/mol. The Kier molecular flexibility index (Phi) is 8.66. The molecule has 0 fully saturated rings. The van der Waals surface area contributed by atoms with Crippen LogP contribution in [0.4, 0.5) is 0 Å². The van der Waals surface area contributed by atoms with E-state index in [4.69, 9.17) is 9.26 Å². The van der Waals surface area contributed by atoms with Crippen molar-refractivity contribution in [1.29, 1.82) is 0 Å². The Morgan fingerprint density at radius 2 is 1.21 bits per heavy atom. The number of esters is 1. The lowest BCUT2D eigenvalue weighted by atomic mass is 9.92. The maximum atomic E-state index is 14.3. The van der Waals surface area contributed by atoms with E-state index in [2.05, 4.69) is 13.8 Å². The number of carbonyl (C=O) groups excluding carboxylic acids is 1. The molecule has 0 heterocycles. The van der Waals surface area contributed by atoms with E-state index in [0.717, 1.165) is 0 Å². The van der Waals surface area contributed by atoms with Gasteiger partial charge in [-0.1, -0.05) is 75.4 Å². The molecule has 0 aromatic heterocycles. The summed E-state index contributed by atoms with van der Waals surface area (Å²) in [5.74, 6) is -0.196. The van der Waals surface area contributed by atoms with E-state index in [1.165, 1.54) is 0 Å². The van der Waals surface area contributed by atoms with Crippen LogP contribution in [0.1, 0.15) is 44.5 Å². The van der Waals surface area contributed by atoms with Crippen LogP contribution in [0.25, 0.3) is 0 Å². The Labute approximate surface area is 197 Å². The molecule has 4 nitrogen and oxygen atoms in total. The molecule has 3 unspecified atom stereocenters. The summed E-state index contributed by atoms with van der Waals surface area (Å²) in [7, 11) is -3.34. The highest BCUT2D eigenvalue weighted by Crippen LogP contribution is 2.47. The minimum Gasteiger partial charge on any atom is -0.458 e. The van der Waals surface area contributed by atoms with Crippen LogP contribution in [-0.4, -0.2) is 18.2 Å². The van der Waals surface area contributed by atoms with Gasteiger partial charge in [0.1, 0.15) is 6.10 Å². The van der Waals surface area contributed by atoms with E-state index >= 15 is 0 Å². The summed E-state index contributed by atoms with van der Waals surface area (Å²) in [6.07, 6.45) is -0.0923. The van der Waals surface area contributed by atoms with Crippen LogP contribution < -0.4 is 10.6 Å². The molecule has 0 radical (unpaired) electrons. The van der Waals surface area contributed by atoms with E-state index in [0.29, 0.717) is 28.5 Å². The second-order valence-electron chi connectivity index (χ2n) is 8.83. The zero-order valence-corrected chi connectivity index (χ0v) is 20.7. The SMILES string of the molecule is CC(C)CC(OC(=O)c1ccccc1)C(C)C(C)OP(=O)(c1ccccc1)c1ccccc1. The molecule has 3 aromatic rings. The van der Waals surface area contributed by atoms with E-state index in [-0.39, 0.29) is 18.0 Å². The molecule has 0 amide bonds. The smallest absolute Gasteiger partial charge is 0.338 e. The summed E-state index contributed by atoms with van der Waals surface area (Å²) in [6, 6.07) is 27.6. The molecule has 0 saturated carbocycles. The molecule has 3 aromatic carbocycles. The van der Waals surface area contributed by atoms with Crippen molar-refractivity contribution >= 4 is 23.9 Å². The van der Waals surface area contributed by atoms with Gasteiger partial charge in [0, 0.05) is 16.5 Å². The van der Waals surface area contributed by atoms with Gasteiger partial charge in [-0.25, -0.2) is 4.79 Å². The normalized spacial score (nSPS) is 14.5. The highest BCUT2D eigenvalue weighted by molar-refractivity contribution is 7.74. The standard InChI is InChI=1S/C28H33O4P/c1-21(2)20-27(31-28(29)24-14-8-5-9-15-24)22(3)23(4)32-33(30,25-16-10-6-11-17-25)26-18-12-7-13-19-26/h5-19,21-23,27H,20H2,1-4H3. The zero-order valence-electron chi connectivity index (χ0n) is 19.8. The average molecular weight is 465 g/mol. The number of carbonyl (C=O) groups is 1. The van der Waals surface area contributed by atoms with Gasteiger partial charge in [-0.3, -0.25) is 4.57 Å². The van der Waals surface area contributed by atoms with Gasteiger partial charge in [0.05, 0.1) is 11.7 Å². The number of rotatable bonds is 10. The van der Waals surface area contributed by atoms with Gasteiger partial charge in [0.15, 0.2) is 0 Å². The third-order valence-corrected chi connectivity index (χ3v) is 8.39.